The minimum absolute atomic E-state index is 0.00150. The SMILES string of the molecule is CC(C)Oc1ccc(/C(O)=C2\C(=O)C(=O)N(c3cccc(Cl)c3)C2c2ccccn2)cc1. The lowest BCUT2D eigenvalue weighted by Crippen LogP contribution is -2.29. The Bertz CT molecular complexity index is 1190. The Morgan fingerprint density at radius 1 is 1.06 bits per heavy atom. The number of aliphatic hydroxyl groups is 1. The Morgan fingerprint density at radius 3 is 2.44 bits per heavy atom. The number of Topliss-reactive ketones (excluding diaryl/α,β-unsaturated/α-hetero) is 1. The molecule has 1 atom stereocenters. The third-order valence-corrected chi connectivity index (χ3v) is 5.23. The minimum atomic E-state index is -0.902. The van der Waals surface area contributed by atoms with Gasteiger partial charge in [-0.2, -0.15) is 0 Å². The molecule has 2 aromatic carbocycles. The molecule has 0 spiro atoms. The molecule has 4 rings (SSSR count). The van der Waals surface area contributed by atoms with Gasteiger partial charge in [-0.25, -0.2) is 0 Å². The molecule has 0 saturated carbocycles. The molecule has 1 aliphatic rings. The number of anilines is 1. The number of hydrogen-bond acceptors (Lipinski definition) is 5. The van der Waals surface area contributed by atoms with E-state index >= 15 is 0 Å². The van der Waals surface area contributed by atoms with Crippen LogP contribution in [0.5, 0.6) is 5.75 Å². The molecule has 1 aliphatic heterocycles. The van der Waals surface area contributed by atoms with Gasteiger partial charge in [0.1, 0.15) is 17.6 Å². The van der Waals surface area contributed by atoms with Crippen LogP contribution in [0.2, 0.25) is 5.02 Å². The van der Waals surface area contributed by atoms with Crippen LogP contribution >= 0.6 is 11.6 Å². The first-order chi connectivity index (χ1) is 15.4. The van der Waals surface area contributed by atoms with Crippen molar-refractivity contribution in [2.24, 2.45) is 0 Å². The fourth-order valence-corrected chi connectivity index (χ4v) is 3.85. The van der Waals surface area contributed by atoms with E-state index in [4.69, 9.17) is 16.3 Å². The van der Waals surface area contributed by atoms with Gasteiger partial charge in [-0.05, 0) is 68.4 Å². The van der Waals surface area contributed by atoms with Crippen LogP contribution in [0, 0.1) is 0 Å². The number of nitrogens with zero attached hydrogens (tertiary/aromatic N) is 2. The zero-order valence-corrected chi connectivity index (χ0v) is 18.3. The molecule has 0 aliphatic carbocycles. The highest BCUT2D eigenvalue weighted by molar-refractivity contribution is 6.51. The maximum atomic E-state index is 13.1. The average Bonchev–Trinajstić information content (AvgIpc) is 3.05. The van der Waals surface area contributed by atoms with Gasteiger partial charge >= 0.3 is 0 Å². The number of benzene rings is 2. The number of carbonyl (C=O) groups is 2. The summed E-state index contributed by atoms with van der Waals surface area (Å²) in [5.74, 6) is -1.19. The maximum absolute atomic E-state index is 13.1. The van der Waals surface area contributed by atoms with Gasteiger partial charge in [0.15, 0.2) is 0 Å². The Hall–Kier alpha value is -3.64. The van der Waals surface area contributed by atoms with Gasteiger partial charge in [-0.3, -0.25) is 19.5 Å². The van der Waals surface area contributed by atoms with Crippen LogP contribution in [-0.2, 0) is 9.59 Å². The minimum Gasteiger partial charge on any atom is -0.507 e. The molecule has 7 heteroatoms. The van der Waals surface area contributed by atoms with Gasteiger partial charge in [-0.1, -0.05) is 23.7 Å². The summed E-state index contributed by atoms with van der Waals surface area (Å²) in [5, 5.41) is 11.5. The van der Waals surface area contributed by atoms with E-state index in [2.05, 4.69) is 4.98 Å². The maximum Gasteiger partial charge on any atom is 0.300 e. The van der Waals surface area contributed by atoms with Crippen molar-refractivity contribution in [3.05, 3.63) is 94.8 Å². The summed E-state index contributed by atoms with van der Waals surface area (Å²) in [7, 11) is 0. The van der Waals surface area contributed by atoms with Crippen LogP contribution in [0.4, 0.5) is 5.69 Å². The molecule has 1 saturated heterocycles. The van der Waals surface area contributed by atoms with Crippen LogP contribution in [-0.4, -0.2) is 27.9 Å². The molecule has 6 nitrogen and oxygen atoms in total. The van der Waals surface area contributed by atoms with E-state index in [1.807, 2.05) is 13.8 Å². The van der Waals surface area contributed by atoms with Crippen molar-refractivity contribution in [3.63, 3.8) is 0 Å². The Morgan fingerprint density at radius 2 is 1.81 bits per heavy atom. The monoisotopic (exact) mass is 448 g/mol. The third-order valence-electron chi connectivity index (χ3n) is 5.00. The summed E-state index contributed by atoms with van der Waals surface area (Å²) >= 11 is 6.13. The first-order valence-corrected chi connectivity index (χ1v) is 10.5. The molecule has 1 aromatic heterocycles. The van der Waals surface area contributed by atoms with Crippen molar-refractivity contribution in [2.45, 2.75) is 26.0 Å². The second-order valence-corrected chi connectivity index (χ2v) is 8.03. The molecule has 162 valence electrons. The van der Waals surface area contributed by atoms with E-state index in [9.17, 15) is 14.7 Å². The number of halogens is 1. The van der Waals surface area contributed by atoms with Gasteiger partial charge in [0.25, 0.3) is 11.7 Å². The van der Waals surface area contributed by atoms with Gasteiger partial charge in [0, 0.05) is 22.5 Å². The summed E-state index contributed by atoms with van der Waals surface area (Å²) in [6.45, 7) is 3.83. The highest BCUT2D eigenvalue weighted by Gasteiger charge is 2.47. The number of ether oxygens (including phenoxy) is 1. The Kier molecular flexibility index (Phi) is 5.97. The number of aromatic nitrogens is 1. The number of carbonyl (C=O) groups excluding carboxylic acids is 2. The molecule has 1 fully saturated rings. The second kappa shape index (κ2) is 8.85. The number of aliphatic hydroxyl groups excluding tert-OH is 1. The van der Waals surface area contributed by atoms with E-state index in [1.54, 1.807) is 72.9 Å². The van der Waals surface area contributed by atoms with Crippen molar-refractivity contribution < 1.29 is 19.4 Å². The van der Waals surface area contributed by atoms with Crippen molar-refractivity contribution in [1.29, 1.82) is 0 Å². The first-order valence-electron chi connectivity index (χ1n) is 10.1. The molecule has 0 radical (unpaired) electrons. The van der Waals surface area contributed by atoms with Crippen LogP contribution in [0.15, 0.2) is 78.5 Å². The average molecular weight is 449 g/mol. The quantitative estimate of drug-likeness (QED) is 0.332. The number of ketones is 1. The van der Waals surface area contributed by atoms with Gasteiger partial charge in [0.05, 0.1) is 17.4 Å². The summed E-state index contributed by atoms with van der Waals surface area (Å²) in [6.07, 6.45) is 1.58. The summed E-state index contributed by atoms with van der Waals surface area (Å²) in [6, 6.07) is 17.7. The Labute approximate surface area is 190 Å². The summed E-state index contributed by atoms with van der Waals surface area (Å²) in [5.41, 5.74) is 1.25. The molecule has 1 amide bonds. The standard InChI is InChI=1S/C25H21ClN2O4/c1-15(2)32-19-11-9-16(10-12-19)23(29)21-22(20-8-3-4-13-27-20)28(25(31)24(21)30)18-7-5-6-17(26)14-18/h3-15,22,29H,1-2H3/b23-21+. The van der Waals surface area contributed by atoms with E-state index in [0.29, 0.717) is 27.7 Å². The fourth-order valence-electron chi connectivity index (χ4n) is 3.66. The zero-order valence-electron chi connectivity index (χ0n) is 17.5. The largest absolute Gasteiger partial charge is 0.507 e. The Balaban J connectivity index is 1.85. The highest BCUT2D eigenvalue weighted by Crippen LogP contribution is 2.42. The van der Waals surface area contributed by atoms with Gasteiger partial charge in [0.2, 0.25) is 0 Å². The first kappa shape index (κ1) is 21.6. The van der Waals surface area contributed by atoms with Crippen molar-refractivity contribution in [3.8, 4) is 5.75 Å². The summed E-state index contributed by atoms with van der Waals surface area (Å²) in [4.78, 5) is 31.8. The number of amides is 1. The zero-order chi connectivity index (χ0) is 22.8. The lowest BCUT2D eigenvalue weighted by atomic mass is 9.98. The molecule has 1 N–H and O–H groups in total. The lowest BCUT2D eigenvalue weighted by Gasteiger charge is -2.24. The van der Waals surface area contributed by atoms with E-state index in [0.717, 1.165) is 0 Å². The van der Waals surface area contributed by atoms with E-state index in [1.165, 1.54) is 4.90 Å². The molecule has 0 bridgehead atoms. The number of hydrogen-bond donors (Lipinski definition) is 1. The smallest absolute Gasteiger partial charge is 0.300 e. The molecule has 2 heterocycles. The van der Waals surface area contributed by atoms with Crippen LogP contribution < -0.4 is 9.64 Å². The van der Waals surface area contributed by atoms with Crippen LogP contribution in [0.25, 0.3) is 5.76 Å². The molecular weight excluding hydrogens is 428 g/mol. The van der Waals surface area contributed by atoms with Crippen molar-refractivity contribution in [1.82, 2.24) is 4.98 Å². The number of rotatable bonds is 5. The van der Waals surface area contributed by atoms with E-state index in [-0.39, 0.29) is 17.4 Å². The molecule has 32 heavy (non-hydrogen) atoms. The van der Waals surface area contributed by atoms with E-state index < -0.39 is 17.7 Å². The lowest BCUT2D eigenvalue weighted by molar-refractivity contribution is -0.132. The molecule has 3 aromatic rings. The number of pyridine rings is 1. The second-order valence-electron chi connectivity index (χ2n) is 7.59. The van der Waals surface area contributed by atoms with Crippen LogP contribution in [0.3, 0.4) is 0 Å². The third kappa shape index (κ3) is 4.09. The molecule has 1 unspecified atom stereocenters. The van der Waals surface area contributed by atoms with Crippen molar-refractivity contribution >= 4 is 34.7 Å². The normalized spacial score (nSPS) is 17.8. The molecular formula is C25H21ClN2O4. The summed E-state index contributed by atoms with van der Waals surface area (Å²) < 4.78 is 5.64. The topological polar surface area (TPSA) is 79.7 Å². The van der Waals surface area contributed by atoms with Crippen LogP contribution in [0.1, 0.15) is 31.1 Å². The predicted octanol–water partition coefficient (Wildman–Crippen LogP) is 5.15. The van der Waals surface area contributed by atoms with Crippen molar-refractivity contribution in [2.75, 3.05) is 4.90 Å². The highest BCUT2D eigenvalue weighted by atomic mass is 35.5. The van der Waals surface area contributed by atoms with Gasteiger partial charge < -0.3 is 9.84 Å². The fraction of sp³-hybridized carbons (Fsp3) is 0.160. The predicted molar refractivity (Wildman–Crippen MR) is 123 cm³/mol. The van der Waals surface area contributed by atoms with Gasteiger partial charge in [-0.15, -0.1) is 0 Å².